The predicted molar refractivity (Wildman–Crippen MR) is 108 cm³/mol. The molecule has 2 aromatic heterocycles. The number of anilines is 1. The molecule has 0 aliphatic rings. The number of hydrogen-bond acceptors (Lipinski definition) is 5. The number of aromatic nitrogens is 4. The molecule has 3 aromatic rings. The van der Waals surface area contributed by atoms with Crippen LogP contribution in [0.5, 0.6) is 0 Å². The maximum atomic E-state index is 13.4. The smallest absolute Gasteiger partial charge is 0.272 e. The van der Waals surface area contributed by atoms with Crippen LogP contribution in [0.2, 0.25) is 0 Å². The van der Waals surface area contributed by atoms with Crippen molar-refractivity contribution in [2.24, 2.45) is 7.05 Å². The van der Waals surface area contributed by atoms with Gasteiger partial charge in [-0.1, -0.05) is 13.8 Å². The number of nitrogens with zero attached hydrogens (tertiary/aromatic N) is 3. The molecule has 30 heavy (non-hydrogen) atoms. The maximum absolute atomic E-state index is 13.4. The highest BCUT2D eigenvalue weighted by Gasteiger charge is 2.31. The maximum Gasteiger partial charge on any atom is 0.272 e. The van der Waals surface area contributed by atoms with Crippen LogP contribution >= 0.6 is 0 Å². The number of hydrogen-bond donors (Lipinski definition) is 2. The molecule has 0 fully saturated rings. The Morgan fingerprint density at radius 1 is 1.23 bits per heavy atom. The Hall–Kier alpha value is -3.62. The molecule has 1 amide bonds. The van der Waals surface area contributed by atoms with Gasteiger partial charge in [0.2, 0.25) is 11.6 Å². The van der Waals surface area contributed by atoms with Gasteiger partial charge in [-0.3, -0.25) is 14.4 Å². The summed E-state index contributed by atoms with van der Waals surface area (Å²) in [6.07, 6.45) is 2.90. The number of benzene rings is 1. The summed E-state index contributed by atoms with van der Waals surface area (Å²) in [5.74, 6) is -2.11. The molecule has 2 heterocycles. The minimum absolute atomic E-state index is 0.0519. The second kappa shape index (κ2) is 8.02. The summed E-state index contributed by atoms with van der Waals surface area (Å²) in [6.45, 7) is 5.19. The summed E-state index contributed by atoms with van der Waals surface area (Å²) >= 11 is 0. The van der Waals surface area contributed by atoms with E-state index in [9.17, 15) is 18.8 Å². The summed E-state index contributed by atoms with van der Waals surface area (Å²) in [6, 6.07) is 5.59. The second-order valence-electron chi connectivity index (χ2n) is 7.81. The monoisotopic (exact) mass is 411 g/mol. The Morgan fingerprint density at radius 2 is 1.97 bits per heavy atom. The van der Waals surface area contributed by atoms with Gasteiger partial charge in [-0.15, -0.1) is 0 Å². The third-order valence-corrected chi connectivity index (χ3v) is 4.88. The molecule has 0 saturated carbocycles. The molecule has 1 aromatic carbocycles. The average Bonchev–Trinajstić information content (AvgIpc) is 3.34. The Balaban J connectivity index is 1.74. The average molecular weight is 411 g/mol. The number of aryl methyl sites for hydroxylation is 2. The molecule has 0 aliphatic heterocycles. The number of rotatable bonds is 7. The zero-order valence-electron chi connectivity index (χ0n) is 17.1. The largest absolute Gasteiger partial charge is 0.346 e. The van der Waals surface area contributed by atoms with Gasteiger partial charge in [0.25, 0.3) is 5.91 Å². The molecule has 0 bridgehead atoms. The zero-order valence-corrected chi connectivity index (χ0v) is 17.1. The molecule has 156 valence electrons. The summed E-state index contributed by atoms with van der Waals surface area (Å²) in [4.78, 5) is 37.8. The van der Waals surface area contributed by atoms with E-state index in [0.717, 1.165) is 0 Å². The Bertz CT molecular complexity index is 1120. The van der Waals surface area contributed by atoms with Gasteiger partial charge in [-0.2, -0.15) is 15.4 Å². The standard InChI is InChI=1S/C21H22FN5O3/c1-12-7-14(5-6-15(12)22)24-20(30)16-8-13(11-27(16)4)19(29)17(28)9-21(2,3)18-10-23-26-25-18/h5-8,10-11H,9H2,1-4H3,(H,24,30)(H,23,25,26). The second-order valence-corrected chi connectivity index (χ2v) is 7.81. The van der Waals surface area contributed by atoms with Crippen molar-refractivity contribution in [1.29, 1.82) is 0 Å². The van der Waals surface area contributed by atoms with Crippen molar-refractivity contribution >= 4 is 23.2 Å². The van der Waals surface area contributed by atoms with E-state index in [0.29, 0.717) is 16.9 Å². The third-order valence-electron chi connectivity index (χ3n) is 4.88. The summed E-state index contributed by atoms with van der Waals surface area (Å²) < 4.78 is 14.9. The van der Waals surface area contributed by atoms with Crippen molar-refractivity contribution in [1.82, 2.24) is 20.0 Å². The fraction of sp³-hybridized carbons (Fsp3) is 0.286. The van der Waals surface area contributed by atoms with Gasteiger partial charge < -0.3 is 9.88 Å². The van der Waals surface area contributed by atoms with E-state index < -0.39 is 22.9 Å². The summed E-state index contributed by atoms with van der Waals surface area (Å²) in [5, 5.41) is 12.9. The number of ketones is 2. The van der Waals surface area contributed by atoms with Crippen molar-refractivity contribution in [2.75, 3.05) is 5.32 Å². The Morgan fingerprint density at radius 3 is 2.60 bits per heavy atom. The molecule has 0 atom stereocenters. The van der Waals surface area contributed by atoms with Gasteiger partial charge in [-0.25, -0.2) is 4.39 Å². The van der Waals surface area contributed by atoms with Crippen LogP contribution in [0.15, 0.2) is 36.7 Å². The summed E-state index contributed by atoms with van der Waals surface area (Å²) in [7, 11) is 1.60. The molecule has 0 saturated heterocycles. The molecule has 0 aliphatic carbocycles. The van der Waals surface area contributed by atoms with E-state index in [1.807, 2.05) is 0 Å². The first-order chi connectivity index (χ1) is 14.1. The first kappa shape index (κ1) is 21.1. The number of halogens is 1. The van der Waals surface area contributed by atoms with Crippen LogP contribution in [0.3, 0.4) is 0 Å². The minimum Gasteiger partial charge on any atom is -0.346 e. The van der Waals surface area contributed by atoms with Crippen molar-refractivity contribution < 1.29 is 18.8 Å². The van der Waals surface area contributed by atoms with E-state index in [4.69, 9.17) is 0 Å². The van der Waals surface area contributed by atoms with Gasteiger partial charge >= 0.3 is 0 Å². The molecule has 0 spiro atoms. The Labute approximate surface area is 172 Å². The number of Topliss-reactive ketones (excluding diaryl/α,β-unsaturated/α-hetero) is 2. The minimum atomic E-state index is -0.682. The molecule has 8 nitrogen and oxygen atoms in total. The number of amides is 1. The topological polar surface area (TPSA) is 110 Å². The van der Waals surface area contributed by atoms with Gasteiger partial charge in [0, 0.05) is 36.3 Å². The zero-order chi connectivity index (χ0) is 22.1. The van der Waals surface area contributed by atoms with Crippen molar-refractivity contribution in [3.05, 3.63) is 65.0 Å². The van der Waals surface area contributed by atoms with E-state index in [1.54, 1.807) is 27.8 Å². The van der Waals surface area contributed by atoms with Crippen LogP contribution in [0.4, 0.5) is 10.1 Å². The number of aromatic amines is 1. The lowest BCUT2D eigenvalue weighted by molar-refractivity contribution is -0.116. The SMILES string of the molecule is Cc1cc(NC(=O)c2cc(C(=O)C(=O)CC(C)(C)c3cn[nH]n3)cn2C)ccc1F. The molecule has 3 rings (SSSR count). The Kier molecular flexibility index (Phi) is 5.64. The number of H-pyrrole nitrogens is 1. The number of nitrogens with one attached hydrogen (secondary N) is 2. The molecular formula is C21H22FN5O3. The van der Waals surface area contributed by atoms with Crippen molar-refractivity contribution in [3.8, 4) is 0 Å². The number of carbonyl (C=O) groups excluding carboxylic acids is 3. The lowest BCUT2D eigenvalue weighted by Crippen LogP contribution is -2.26. The fourth-order valence-corrected chi connectivity index (χ4v) is 3.09. The molecular weight excluding hydrogens is 389 g/mol. The summed E-state index contributed by atoms with van der Waals surface area (Å²) in [5.41, 5.74) is 1.05. The van der Waals surface area contributed by atoms with Crippen molar-refractivity contribution in [2.45, 2.75) is 32.6 Å². The van der Waals surface area contributed by atoms with E-state index in [1.165, 1.54) is 41.2 Å². The van der Waals surface area contributed by atoms with E-state index in [-0.39, 0.29) is 23.5 Å². The van der Waals surface area contributed by atoms with E-state index in [2.05, 4.69) is 20.7 Å². The first-order valence-corrected chi connectivity index (χ1v) is 9.26. The molecule has 9 heteroatoms. The fourth-order valence-electron chi connectivity index (χ4n) is 3.09. The van der Waals surface area contributed by atoms with Crippen LogP contribution in [0, 0.1) is 12.7 Å². The van der Waals surface area contributed by atoms with Gasteiger partial charge in [-0.05, 0) is 36.8 Å². The molecule has 0 unspecified atom stereocenters. The lowest BCUT2D eigenvalue weighted by Gasteiger charge is -2.19. The highest BCUT2D eigenvalue weighted by molar-refractivity contribution is 6.44. The van der Waals surface area contributed by atoms with Gasteiger partial charge in [0.05, 0.1) is 11.9 Å². The van der Waals surface area contributed by atoms with Crippen molar-refractivity contribution in [3.63, 3.8) is 0 Å². The van der Waals surface area contributed by atoms with E-state index >= 15 is 0 Å². The quantitative estimate of drug-likeness (QED) is 0.459. The van der Waals surface area contributed by atoms with Crippen LogP contribution in [-0.2, 0) is 17.3 Å². The third kappa shape index (κ3) is 4.35. The predicted octanol–water partition coefficient (Wildman–Crippen LogP) is 2.96. The molecule has 2 N–H and O–H groups in total. The lowest BCUT2D eigenvalue weighted by atomic mass is 9.83. The highest BCUT2D eigenvalue weighted by atomic mass is 19.1. The van der Waals surface area contributed by atoms with Gasteiger partial charge in [0.15, 0.2) is 0 Å². The number of carbonyl (C=O) groups is 3. The van der Waals surface area contributed by atoms with Crippen LogP contribution in [0.1, 0.15) is 52.4 Å². The first-order valence-electron chi connectivity index (χ1n) is 9.26. The van der Waals surface area contributed by atoms with Gasteiger partial charge in [0.1, 0.15) is 11.5 Å². The molecule has 0 radical (unpaired) electrons. The highest BCUT2D eigenvalue weighted by Crippen LogP contribution is 2.25. The van der Waals surface area contributed by atoms with Crippen LogP contribution in [0.25, 0.3) is 0 Å². The normalized spacial score (nSPS) is 11.4. The van der Waals surface area contributed by atoms with Crippen LogP contribution in [-0.4, -0.2) is 37.5 Å². The van der Waals surface area contributed by atoms with Crippen LogP contribution < -0.4 is 5.32 Å².